The van der Waals surface area contributed by atoms with Crippen LogP contribution in [0.4, 0.5) is 4.79 Å². The van der Waals surface area contributed by atoms with Crippen molar-refractivity contribution in [3.8, 4) is 0 Å². The van der Waals surface area contributed by atoms with Gasteiger partial charge in [-0.1, -0.05) is 32.6 Å². The third-order valence-corrected chi connectivity index (χ3v) is 3.70. The highest BCUT2D eigenvalue weighted by molar-refractivity contribution is 5.73. The van der Waals surface area contributed by atoms with Crippen molar-refractivity contribution in [3.63, 3.8) is 0 Å². The van der Waals surface area contributed by atoms with E-state index in [4.69, 9.17) is 11.5 Å². The second-order valence-corrected chi connectivity index (χ2v) is 4.83. The summed E-state index contributed by atoms with van der Waals surface area (Å²) in [6.07, 6.45) is 7.76. The van der Waals surface area contributed by atoms with E-state index in [-0.39, 0.29) is 11.6 Å². The monoisotopic (exact) mass is 227 g/mol. The van der Waals surface area contributed by atoms with Gasteiger partial charge < -0.3 is 16.4 Å². The summed E-state index contributed by atoms with van der Waals surface area (Å²) in [5.74, 6) is 0. The summed E-state index contributed by atoms with van der Waals surface area (Å²) in [6, 6.07) is -0.311. The predicted molar refractivity (Wildman–Crippen MR) is 66.1 cm³/mol. The summed E-state index contributed by atoms with van der Waals surface area (Å²) in [4.78, 5) is 13.4. The van der Waals surface area contributed by atoms with E-state index in [2.05, 4.69) is 6.92 Å². The van der Waals surface area contributed by atoms with Gasteiger partial charge in [-0.15, -0.1) is 0 Å². The fourth-order valence-electron chi connectivity index (χ4n) is 2.78. The zero-order valence-electron chi connectivity index (χ0n) is 10.4. The highest BCUT2D eigenvalue weighted by Crippen LogP contribution is 2.31. The minimum Gasteiger partial charge on any atom is -0.351 e. The fraction of sp³-hybridized carbons (Fsp3) is 0.917. The standard InChI is InChI=1S/C12H25N3O/c1-2-9-15(11(14)16)12(10-13)7-5-3-4-6-8-12/h2-10,13H2,1H3,(H2,14,16). The molecule has 4 N–H and O–H groups in total. The Morgan fingerprint density at radius 1 is 1.25 bits per heavy atom. The van der Waals surface area contributed by atoms with Crippen LogP contribution >= 0.6 is 0 Å². The highest BCUT2D eigenvalue weighted by atomic mass is 16.2. The van der Waals surface area contributed by atoms with Crippen LogP contribution in [0.5, 0.6) is 0 Å². The molecule has 2 amide bonds. The molecule has 0 heterocycles. The van der Waals surface area contributed by atoms with Gasteiger partial charge in [0.15, 0.2) is 0 Å². The first-order valence-electron chi connectivity index (χ1n) is 6.43. The van der Waals surface area contributed by atoms with Gasteiger partial charge in [0.25, 0.3) is 0 Å². The Kier molecular flexibility index (Phi) is 5.06. The molecule has 1 saturated carbocycles. The van der Waals surface area contributed by atoms with Crippen molar-refractivity contribution in [2.24, 2.45) is 11.5 Å². The van der Waals surface area contributed by atoms with E-state index in [9.17, 15) is 4.79 Å². The zero-order valence-corrected chi connectivity index (χ0v) is 10.4. The molecule has 0 bridgehead atoms. The van der Waals surface area contributed by atoms with Crippen molar-refractivity contribution in [1.82, 2.24) is 4.90 Å². The van der Waals surface area contributed by atoms with Crippen LogP contribution in [0.3, 0.4) is 0 Å². The summed E-state index contributed by atoms with van der Waals surface area (Å²) < 4.78 is 0. The van der Waals surface area contributed by atoms with Crippen molar-refractivity contribution in [3.05, 3.63) is 0 Å². The van der Waals surface area contributed by atoms with Crippen LogP contribution in [0.1, 0.15) is 51.9 Å². The summed E-state index contributed by atoms with van der Waals surface area (Å²) in [6.45, 7) is 3.33. The molecule has 0 radical (unpaired) electrons. The number of primary amides is 1. The van der Waals surface area contributed by atoms with E-state index in [1.54, 1.807) is 0 Å². The first kappa shape index (κ1) is 13.3. The molecule has 4 heteroatoms. The molecule has 0 spiro atoms. The van der Waals surface area contributed by atoms with Crippen molar-refractivity contribution in [2.75, 3.05) is 13.1 Å². The predicted octanol–water partition coefficient (Wildman–Crippen LogP) is 1.83. The van der Waals surface area contributed by atoms with Gasteiger partial charge in [0, 0.05) is 13.1 Å². The fourth-order valence-corrected chi connectivity index (χ4v) is 2.78. The average molecular weight is 227 g/mol. The van der Waals surface area contributed by atoms with Gasteiger partial charge in [0.2, 0.25) is 0 Å². The number of hydrogen-bond acceptors (Lipinski definition) is 2. The molecule has 0 aliphatic heterocycles. The minimum atomic E-state index is -0.311. The zero-order chi connectivity index (χ0) is 12.0. The molecule has 0 aromatic carbocycles. The molecule has 0 atom stereocenters. The molecule has 1 aliphatic rings. The molecule has 1 aliphatic carbocycles. The Balaban J connectivity index is 2.84. The van der Waals surface area contributed by atoms with Gasteiger partial charge >= 0.3 is 6.03 Å². The lowest BCUT2D eigenvalue weighted by atomic mass is 9.88. The summed E-state index contributed by atoms with van der Waals surface area (Å²) in [5, 5.41) is 0. The Labute approximate surface area is 98.3 Å². The Hall–Kier alpha value is -0.770. The number of nitrogens with zero attached hydrogens (tertiary/aromatic N) is 1. The molecule has 0 aromatic heterocycles. The number of carbonyl (C=O) groups is 1. The molecular weight excluding hydrogens is 202 g/mol. The summed E-state index contributed by atoms with van der Waals surface area (Å²) in [7, 11) is 0. The molecule has 1 fully saturated rings. The van der Waals surface area contributed by atoms with Crippen LogP contribution in [0.2, 0.25) is 0 Å². The topological polar surface area (TPSA) is 72.3 Å². The van der Waals surface area contributed by atoms with Gasteiger partial charge in [0.05, 0.1) is 5.54 Å². The van der Waals surface area contributed by atoms with Crippen molar-refractivity contribution >= 4 is 6.03 Å². The van der Waals surface area contributed by atoms with Crippen molar-refractivity contribution < 1.29 is 4.79 Å². The number of amides is 2. The SMILES string of the molecule is CCCN(C(N)=O)C1(CN)CCCCCC1. The molecular formula is C12H25N3O. The maximum Gasteiger partial charge on any atom is 0.315 e. The molecule has 0 saturated heterocycles. The van der Waals surface area contributed by atoms with E-state index >= 15 is 0 Å². The van der Waals surface area contributed by atoms with E-state index in [1.165, 1.54) is 12.8 Å². The van der Waals surface area contributed by atoms with Crippen LogP contribution < -0.4 is 11.5 Å². The third-order valence-electron chi connectivity index (χ3n) is 3.70. The van der Waals surface area contributed by atoms with Crippen LogP contribution in [0, 0.1) is 0 Å². The van der Waals surface area contributed by atoms with E-state index in [0.717, 1.165) is 38.6 Å². The van der Waals surface area contributed by atoms with Gasteiger partial charge in [-0.05, 0) is 19.3 Å². The van der Waals surface area contributed by atoms with Gasteiger partial charge in [-0.25, -0.2) is 4.79 Å². The van der Waals surface area contributed by atoms with E-state index in [0.29, 0.717) is 6.54 Å². The highest BCUT2D eigenvalue weighted by Gasteiger charge is 2.37. The number of hydrogen-bond donors (Lipinski definition) is 2. The van der Waals surface area contributed by atoms with Crippen LogP contribution in [0.25, 0.3) is 0 Å². The Morgan fingerprint density at radius 3 is 2.19 bits per heavy atom. The lowest BCUT2D eigenvalue weighted by Gasteiger charge is -2.42. The molecule has 0 unspecified atom stereocenters. The normalized spacial score (nSPS) is 20.1. The largest absolute Gasteiger partial charge is 0.351 e. The van der Waals surface area contributed by atoms with E-state index < -0.39 is 0 Å². The molecule has 1 rings (SSSR count). The van der Waals surface area contributed by atoms with Crippen LogP contribution in [-0.4, -0.2) is 29.6 Å². The van der Waals surface area contributed by atoms with Gasteiger partial charge in [-0.2, -0.15) is 0 Å². The minimum absolute atomic E-state index is 0.168. The molecule has 16 heavy (non-hydrogen) atoms. The lowest BCUT2D eigenvalue weighted by Crippen LogP contribution is -2.58. The first-order valence-corrected chi connectivity index (χ1v) is 6.43. The molecule has 94 valence electrons. The molecule has 0 aromatic rings. The lowest BCUT2D eigenvalue weighted by molar-refractivity contribution is 0.108. The van der Waals surface area contributed by atoms with Gasteiger partial charge in [0.1, 0.15) is 0 Å². The summed E-state index contributed by atoms with van der Waals surface area (Å²) in [5.41, 5.74) is 11.3. The smallest absolute Gasteiger partial charge is 0.315 e. The summed E-state index contributed by atoms with van der Waals surface area (Å²) >= 11 is 0. The second kappa shape index (κ2) is 6.09. The number of carbonyl (C=O) groups excluding carboxylic acids is 1. The third kappa shape index (κ3) is 2.88. The van der Waals surface area contributed by atoms with Crippen molar-refractivity contribution in [1.29, 1.82) is 0 Å². The maximum absolute atomic E-state index is 11.6. The quantitative estimate of drug-likeness (QED) is 0.719. The van der Waals surface area contributed by atoms with Crippen LogP contribution in [-0.2, 0) is 0 Å². The molecule has 4 nitrogen and oxygen atoms in total. The van der Waals surface area contributed by atoms with Gasteiger partial charge in [-0.3, -0.25) is 0 Å². The second-order valence-electron chi connectivity index (χ2n) is 4.83. The Bertz CT molecular complexity index is 222. The number of urea groups is 1. The van der Waals surface area contributed by atoms with Crippen LogP contribution in [0.15, 0.2) is 0 Å². The average Bonchev–Trinajstić information content (AvgIpc) is 2.51. The van der Waals surface area contributed by atoms with E-state index in [1.807, 2.05) is 4.90 Å². The number of rotatable bonds is 4. The Morgan fingerprint density at radius 2 is 1.81 bits per heavy atom. The maximum atomic E-state index is 11.6. The van der Waals surface area contributed by atoms with Crippen molar-refractivity contribution in [2.45, 2.75) is 57.4 Å². The first-order chi connectivity index (χ1) is 7.66. The number of nitrogens with two attached hydrogens (primary N) is 2.